The SMILES string of the molecule is CCS(=O)(=O)CCOc1ccc(C(C)O)cc1. The van der Waals surface area contributed by atoms with Crippen molar-refractivity contribution in [2.24, 2.45) is 0 Å². The molecular formula is C12H18O4S. The van der Waals surface area contributed by atoms with Gasteiger partial charge in [-0.25, -0.2) is 8.42 Å². The van der Waals surface area contributed by atoms with Crippen LogP contribution < -0.4 is 4.74 Å². The highest BCUT2D eigenvalue weighted by molar-refractivity contribution is 7.91. The van der Waals surface area contributed by atoms with Crippen molar-refractivity contribution < 1.29 is 18.3 Å². The van der Waals surface area contributed by atoms with E-state index in [1.54, 1.807) is 38.1 Å². The first kappa shape index (κ1) is 14.0. The van der Waals surface area contributed by atoms with E-state index >= 15 is 0 Å². The van der Waals surface area contributed by atoms with Crippen molar-refractivity contribution in [2.45, 2.75) is 20.0 Å². The molecule has 0 fully saturated rings. The van der Waals surface area contributed by atoms with E-state index in [-0.39, 0.29) is 18.1 Å². The first-order valence-corrected chi connectivity index (χ1v) is 7.38. The largest absolute Gasteiger partial charge is 0.493 e. The Bertz CT molecular complexity index is 434. The van der Waals surface area contributed by atoms with Crippen LogP contribution in [0.1, 0.15) is 25.5 Å². The Morgan fingerprint density at radius 1 is 1.29 bits per heavy atom. The lowest BCUT2D eigenvalue weighted by Gasteiger charge is -2.08. The molecule has 1 unspecified atom stereocenters. The van der Waals surface area contributed by atoms with Gasteiger partial charge in [-0.1, -0.05) is 19.1 Å². The van der Waals surface area contributed by atoms with Crippen molar-refractivity contribution >= 4 is 9.84 Å². The molecule has 5 heteroatoms. The maximum atomic E-state index is 11.2. The molecule has 0 saturated carbocycles. The summed E-state index contributed by atoms with van der Waals surface area (Å²) in [5.41, 5.74) is 0.804. The Morgan fingerprint density at radius 2 is 1.88 bits per heavy atom. The molecular weight excluding hydrogens is 240 g/mol. The highest BCUT2D eigenvalue weighted by Crippen LogP contribution is 2.17. The van der Waals surface area contributed by atoms with Crippen molar-refractivity contribution in [3.8, 4) is 5.75 Å². The van der Waals surface area contributed by atoms with Gasteiger partial charge in [-0.15, -0.1) is 0 Å². The number of hydrogen-bond donors (Lipinski definition) is 1. The molecule has 0 saturated heterocycles. The van der Waals surface area contributed by atoms with Crippen LogP contribution in [0.3, 0.4) is 0 Å². The van der Waals surface area contributed by atoms with Gasteiger partial charge in [0.1, 0.15) is 12.4 Å². The molecule has 0 aliphatic heterocycles. The van der Waals surface area contributed by atoms with Crippen LogP contribution in [0, 0.1) is 0 Å². The lowest BCUT2D eigenvalue weighted by atomic mass is 10.1. The minimum Gasteiger partial charge on any atom is -0.493 e. The standard InChI is InChI=1S/C12H18O4S/c1-3-17(14,15)9-8-16-12-6-4-11(5-7-12)10(2)13/h4-7,10,13H,3,8-9H2,1-2H3. The van der Waals surface area contributed by atoms with Gasteiger partial charge in [0, 0.05) is 5.75 Å². The number of aliphatic hydroxyl groups is 1. The highest BCUT2D eigenvalue weighted by Gasteiger charge is 2.07. The van der Waals surface area contributed by atoms with Gasteiger partial charge in [-0.3, -0.25) is 0 Å². The zero-order valence-electron chi connectivity index (χ0n) is 10.1. The van der Waals surface area contributed by atoms with Crippen LogP contribution in [0.2, 0.25) is 0 Å². The molecule has 0 aliphatic carbocycles. The molecule has 1 N–H and O–H groups in total. The van der Waals surface area contributed by atoms with Crippen molar-refractivity contribution in [3.05, 3.63) is 29.8 Å². The first-order valence-electron chi connectivity index (χ1n) is 5.56. The molecule has 96 valence electrons. The van der Waals surface area contributed by atoms with E-state index in [0.717, 1.165) is 5.56 Å². The zero-order chi connectivity index (χ0) is 12.9. The minimum absolute atomic E-state index is 0.0294. The second kappa shape index (κ2) is 6.02. The molecule has 1 rings (SSSR count). The van der Waals surface area contributed by atoms with Crippen LogP contribution in [0.5, 0.6) is 5.75 Å². The van der Waals surface area contributed by atoms with Gasteiger partial charge in [0.05, 0.1) is 11.9 Å². The monoisotopic (exact) mass is 258 g/mol. The van der Waals surface area contributed by atoms with Crippen LogP contribution in [0.4, 0.5) is 0 Å². The van der Waals surface area contributed by atoms with Gasteiger partial charge in [0.15, 0.2) is 9.84 Å². The number of hydrogen-bond acceptors (Lipinski definition) is 4. The number of rotatable bonds is 6. The molecule has 0 aliphatic rings. The predicted octanol–water partition coefficient (Wildman–Crippen LogP) is 1.55. The van der Waals surface area contributed by atoms with Gasteiger partial charge in [-0.05, 0) is 24.6 Å². The molecule has 1 atom stereocenters. The minimum atomic E-state index is -2.98. The van der Waals surface area contributed by atoms with Crippen LogP contribution in [-0.4, -0.2) is 31.6 Å². The molecule has 0 aromatic heterocycles. The fourth-order valence-electron chi connectivity index (χ4n) is 1.27. The number of aliphatic hydroxyl groups excluding tert-OH is 1. The van der Waals surface area contributed by atoms with Crippen LogP contribution in [0.15, 0.2) is 24.3 Å². The first-order chi connectivity index (χ1) is 7.94. The van der Waals surface area contributed by atoms with E-state index in [9.17, 15) is 13.5 Å². The van der Waals surface area contributed by atoms with E-state index in [2.05, 4.69) is 0 Å². The van der Waals surface area contributed by atoms with Crippen LogP contribution in [0.25, 0.3) is 0 Å². The fourth-order valence-corrected chi connectivity index (χ4v) is 1.90. The molecule has 17 heavy (non-hydrogen) atoms. The summed E-state index contributed by atoms with van der Waals surface area (Å²) in [6.45, 7) is 3.46. The van der Waals surface area contributed by atoms with Gasteiger partial charge < -0.3 is 9.84 Å². The highest BCUT2D eigenvalue weighted by atomic mass is 32.2. The van der Waals surface area contributed by atoms with Crippen molar-refractivity contribution in [2.75, 3.05) is 18.1 Å². The van der Waals surface area contributed by atoms with Gasteiger partial charge >= 0.3 is 0 Å². The van der Waals surface area contributed by atoms with Crippen molar-refractivity contribution in [1.82, 2.24) is 0 Å². The molecule has 0 bridgehead atoms. The van der Waals surface area contributed by atoms with Gasteiger partial charge in [0.25, 0.3) is 0 Å². The molecule has 0 spiro atoms. The Labute approximate surface area is 102 Å². The lowest BCUT2D eigenvalue weighted by Crippen LogP contribution is -2.15. The topological polar surface area (TPSA) is 63.6 Å². The molecule has 0 amide bonds. The van der Waals surface area contributed by atoms with Crippen LogP contribution >= 0.6 is 0 Å². The fraction of sp³-hybridized carbons (Fsp3) is 0.500. The smallest absolute Gasteiger partial charge is 0.153 e. The Morgan fingerprint density at radius 3 is 2.35 bits per heavy atom. The van der Waals surface area contributed by atoms with Crippen LogP contribution in [-0.2, 0) is 9.84 Å². The number of sulfone groups is 1. The molecule has 1 aromatic rings. The van der Waals surface area contributed by atoms with Gasteiger partial charge in [-0.2, -0.15) is 0 Å². The third-order valence-corrected chi connectivity index (χ3v) is 4.13. The second-order valence-corrected chi connectivity index (χ2v) is 6.30. The molecule has 0 heterocycles. The predicted molar refractivity (Wildman–Crippen MR) is 66.9 cm³/mol. The summed E-state index contributed by atoms with van der Waals surface area (Å²) in [5, 5.41) is 9.31. The lowest BCUT2D eigenvalue weighted by molar-refractivity contribution is 0.199. The number of ether oxygens (including phenoxy) is 1. The normalized spacial score (nSPS) is 13.4. The Balaban J connectivity index is 2.48. The molecule has 0 radical (unpaired) electrons. The molecule has 4 nitrogen and oxygen atoms in total. The van der Waals surface area contributed by atoms with Crippen molar-refractivity contribution in [3.63, 3.8) is 0 Å². The zero-order valence-corrected chi connectivity index (χ0v) is 10.9. The third-order valence-electron chi connectivity index (χ3n) is 2.47. The Hall–Kier alpha value is -1.07. The van der Waals surface area contributed by atoms with E-state index in [4.69, 9.17) is 4.74 Å². The van der Waals surface area contributed by atoms with Crippen molar-refractivity contribution in [1.29, 1.82) is 0 Å². The Kier molecular flexibility index (Phi) is 4.96. The average molecular weight is 258 g/mol. The molecule has 1 aromatic carbocycles. The van der Waals surface area contributed by atoms with E-state index in [1.165, 1.54) is 0 Å². The van der Waals surface area contributed by atoms with E-state index in [1.807, 2.05) is 0 Å². The summed E-state index contributed by atoms with van der Waals surface area (Å²) < 4.78 is 27.8. The maximum absolute atomic E-state index is 11.2. The summed E-state index contributed by atoms with van der Waals surface area (Å²) >= 11 is 0. The summed E-state index contributed by atoms with van der Waals surface area (Å²) in [4.78, 5) is 0. The summed E-state index contributed by atoms with van der Waals surface area (Å²) in [6.07, 6.45) is -0.510. The van der Waals surface area contributed by atoms with E-state index in [0.29, 0.717) is 5.75 Å². The maximum Gasteiger partial charge on any atom is 0.153 e. The number of benzene rings is 1. The summed E-state index contributed by atoms with van der Waals surface area (Å²) in [7, 11) is -2.98. The third kappa shape index (κ3) is 4.75. The summed E-state index contributed by atoms with van der Waals surface area (Å²) in [5.74, 6) is 0.777. The summed E-state index contributed by atoms with van der Waals surface area (Å²) in [6, 6.07) is 6.96. The van der Waals surface area contributed by atoms with Gasteiger partial charge in [0.2, 0.25) is 0 Å². The average Bonchev–Trinajstić information content (AvgIpc) is 2.29. The van der Waals surface area contributed by atoms with E-state index < -0.39 is 15.9 Å². The second-order valence-electron chi connectivity index (χ2n) is 3.83. The quantitative estimate of drug-likeness (QED) is 0.841.